The number of benzene rings is 2. The van der Waals surface area contributed by atoms with Gasteiger partial charge in [0, 0.05) is 11.9 Å². The van der Waals surface area contributed by atoms with E-state index in [1.54, 1.807) is 0 Å². The maximum atomic E-state index is 5.70. The zero-order chi connectivity index (χ0) is 16.1. The average molecular weight is 307 g/mol. The lowest BCUT2D eigenvalue weighted by Gasteiger charge is -2.10. The molecular weight excluding hydrogens is 286 g/mol. The van der Waals surface area contributed by atoms with Gasteiger partial charge in [-0.2, -0.15) is 5.10 Å². The van der Waals surface area contributed by atoms with E-state index in [1.807, 2.05) is 50.5 Å². The van der Waals surface area contributed by atoms with Gasteiger partial charge in [-0.1, -0.05) is 36.4 Å². The molecule has 0 aliphatic carbocycles. The smallest absolute Gasteiger partial charge is 0.119 e. The van der Waals surface area contributed by atoms with Crippen LogP contribution in [-0.4, -0.2) is 42.3 Å². The highest BCUT2D eigenvalue weighted by molar-refractivity contribution is 5.89. The number of aromatic nitrogens is 2. The van der Waals surface area contributed by atoms with Crippen molar-refractivity contribution in [3.8, 4) is 5.75 Å². The second kappa shape index (κ2) is 7.11. The number of hydrogen-bond acceptors (Lipinski definition) is 3. The van der Waals surface area contributed by atoms with Crippen molar-refractivity contribution in [1.29, 1.82) is 0 Å². The van der Waals surface area contributed by atoms with E-state index in [1.165, 1.54) is 0 Å². The van der Waals surface area contributed by atoms with Crippen molar-refractivity contribution in [3.05, 3.63) is 59.8 Å². The molecule has 0 aliphatic rings. The number of rotatable bonds is 6. The molecule has 118 valence electrons. The Morgan fingerprint density at radius 3 is 2.61 bits per heavy atom. The second-order valence-corrected chi connectivity index (χ2v) is 5.71. The molecule has 2 aromatic carbocycles. The zero-order valence-electron chi connectivity index (χ0n) is 13.5. The maximum Gasteiger partial charge on any atom is 0.119 e. The number of hydrogen-bond donors (Lipinski definition) is 1. The Hall–Kier alpha value is -2.59. The van der Waals surface area contributed by atoms with E-state index in [0.29, 0.717) is 6.61 Å². The first-order valence-corrected chi connectivity index (χ1v) is 7.71. The van der Waals surface area contributed by atoms with Gasteiger partial charge in [0.1, 0.15) is 12.4 Å². The Morgan fingerprint density at radius 2 is 1.83 bits per heavy atom. The first-order chi connectivity index (χ1) is 11.2. The molecule has 0 aliphatic heterocycles. The van der Waals surface area contributed by atoms with Gasteiger partial charge >= 0.3 is 0 Å². The van der Waals surface area contributed by atoms with Gasteiger partial charge in [0.2, 0.25) is 0 Å². The number of H-pyrrole nitrogens is 1. The third kappa shape index (κ3) is 3.99. The standard InChI is InChI=1S/C19H21N3O/c1-22(2)13-14-23-16-10-7-15(8-11-16)9-12-19-17-5-3-4-6-18(17)20-21-19/h3-12H,13-14H2,1-2H3,(H,20,21). The van der Waals surface area contributed by atoms with Crippen LogP contribution in [-0.2, 0) is 0 Å². The minimum atomic E-state index is 0.696. The highest BCUT2D eigenvalue weighted by Crippen LogP contribution is 2.18. The monoisotopic (exact) mass is 307 g/mol. The molecule has 0 amide bonds. The largest absolute Gasteiger partial charge is 0.492 e. The lowest BCUT2D eigenvalue weighted by Crippen LogP contribution is -2.19. The molecule has 0 radical (unpaired) electrons. The molecule has 23 heavy (non-hydrogen) atoms. The number of fused-ring (bicyclic) bond motifs is 1. The summed E-state index contributed by atoms with van der Waals surface area (Å²) in [6, 6.07) is 16.2. The van der Waals surface area contributed by atoms with Crippen molar-refractivity contribution in [3.63, 3.8) is 0 Å². The molecule has 0 unspecified atom stereocenters. The summed E-state index contributed by atoms with van der Waals surface area (Å²) in [6.45, 7) is 1.61. The number of nitrogens with one attached hydrogen (secondary N) is 1. The van der Waals surface area contributed by atoms with E-state index >= 15 is 0 Å². The van der Waals surface area contributed by atoms with Crippen molar-refractivity contribution in [2.24, 2.45) is 0 Å². The van der Waals surface area contributed by atoms with Gasteiger partial charge in [-0.3, -0.25) is 5.10 Å². The summed E-state index contributed by atoms with van der Waals surface area (Å²) < 4.78 is 5.70. The predicted molar refractivity (Wildman–Crippen MR) is 95.5 cm³/mol. The Labute approximate surface area is 136 Å². The first-order valence-electron chi connectivity index (χ1n) is 7.71. The highest BCUT2D eigenvalue weighted by Gasteiger charge is 2.01. The number of aromatic amines is 1. The van der Waals surface area contributed by atoms with Crippen LogP contribution in [0, 0.1) is 0 Å². The Bertz CT molecular complexity index is 788. The van der Waals surface area contributed by atoms with Gasteiger partial charge in [-0.05, 0) is 43.9 Å². The molecule has 0 bridgehead atoms. The van der Waals surface area contributed by atoms with E-state index < -0.39 is 0 Å². The van der Waals surface area contributed by atoms with Gasteiger partial charge < -0.3 is 9.64 Å². The second-order valence-electron chi connectivity index (χ2n) is 5.71. The normalized spacial score (nSPS) is 11.6. The molecule has 1 heterocycles. The van der Waals surface area contributed by atoms with E-state index in [0.717, 1.165) is 34.5 Å². The molecule has 0 saturated heterocycles. The van der Waals surface area contributed by atoms with Gasteiger partial charge in [0.15, 0.2) is 0 Å². The molecule has 3 rings (SSSR count). The third-order valence-electron chi connectivity index (χ3n) is 3.62. The van der Waals surface area contributed by atoms with Crippen LogP contribution in [0.3, 0.4) is 0 Å². The Kier molecular flexibility index (Phi) is 4.74. The quantitative estimate of drug-likeness (QED) is 0.755. The minimum absolute atomic E-state index is 0.696. The molecule has 3 aromatic rings. The first kappa shape index (κ1) is 15.3. The third-order valence-corrected chi connectivity index (χ3v) is 3.62. The molecule has 0 atom stereocenters. The lowest BCUT2D eigenvalue weighted by molar-refractivity contribution is 0.261. The van der Waals surface area contributed by atoms with E-state index in [4.69, 9.17) is 4.74 Å². The van der Waals surface area contributed by atoms with E-state index in [-0.39, 0.29) is 0 Å². The summed E-state index contributed by atoms with van der Waals surface area (Å²) in [5, 5.41) is 8.52. The zero-order valence-corrected chi connectivity index (χ0v) is 13.5. The maximum absolute atomic E-state index is 5.70. The highest BCUT2D eigenvalue weighted by atomic mass is 16.5. The van der Waals surface area contributed by atoms with Crippen molar-refractivity contribution in [2.45, 2.75) is 0 Å². The lowest BCUT2D eigenvalue weighted by atomic mass is 10.1. The molecule has 1 aromatic heterocycles. The van der Waals surface area contributed by atoms with Gasteiger partial charge in [-0.15, -0.1) is 0 Å². The number of nitrogens with zero attached hydrogens (tertiary/aromatic N) is 2. The van der Waals surface area contributed by atoms with Gasteiger partial charge in [0.05, 0.1) is 11.2 Å². The van der Waals surface area contributed by atoms with Crippen LogP contribution in [0.1, 0.15) is 11.3 Å². The van der Waals surface area contributed by atoms with Crippen LogP contribution in [0.2, 0.25) is 0 Å². The summed E-state index contributed by atoms with van der Waals surface area (Å²) in [4.78, 5) is 2.10. The fraction of sp³-hybridized carbons (Fsp3) is 0.211. The fourth-order valence-electron chi connectivity index (χ4n) is 2.31. The summed E-state index contributed by atoms with van der Waals surface area (Å²) >= 11 is 0. The summed E-state index contributed by atoms with van der Waals surface area (Å²) in [5.74, 6) is 0.897. The SMILES string of the molecule is CN(C)CCOc1ccc(C=Cc2n[nH]c3ccccc23)cc1. The number of likely N-dealkylation sites (N-methyl/N-ethyl adjacent to an activating group) is 1. The van der Waals surface area contributed by atoms with Crippen LogP contribution < -0.4 is 4.74 Å². The van der Waals surface area contributed by atoms with Crippen molar-refractivity contribution >= 4 is 23.1 Å². The minimum Gasteiger partial charge on any atom is -0.492 e. The fourth-order valence-corrected chi connectivity index (χ4v) is 2.31. The Balaban J connectivity index is 1.66. The van der Waals surface area contributed by atoms with Crippen LogP contribution in [0.4, 0.5) is 0 Å². The molecule has 4 heteroatoms. The molecule has 1 N–H and O–H groups in total. The van der Waals surface area contributed by atoms with Crippen molar-refractivity contribution < 1.29 is 4.74 Å². The van der Waals surface area contributed by atoms with Gasteiger partial charge in [0.25, 0.3) is 0 Å². The summed E-state index contributed by atoms with van der Waals surface area (Å²) in [7, 11) is 4.08. The molecular formula is C19H21N3O. The molecule has 4 nitrogen and oxygen atoms in total. The van der Waals surface area contributed by atoms with Crippen LogP contribution in [0.25, 0.3) is 23.1 Å². The number of ether oxygens (including phenoxy) is 1. The van der Waals surface area contributed by atoms with Crippen LogP contribution >= 0.6 is 0 Å². The predicted octanol–water partition coefficient (Wildman–Crippen LogP) is 3.67. The molecule has 0 spiro atoms. The molecule has 0 saturated carbocycles. The molecule has 0 fully saturated rings. The van der Waals surface area contributed by atoms with Crippen LogP contribution in [0.15, 0.2) is 48.5 Å². The number of para-hydroxylation sites is 1. The topological polar surface area (TPSA) is 41.1 Å². The average Bonchev–Trinajstić information content (AvgIpc) is 2.97. The van der Waals surface area contributed by atoms with Crippen LogP contribution in [0.5, 0.6) is 5.75 Å². The van der Waals surface area contributed by atoms with E-state index in [9.17, 15) is 0 Å². The summed E-state index contributed by atoms with van der Waals surface area (Å²) in [6.07, 6.45) is 4.09. The van der Waals surface area contributed by atoms with E-state index in [2.05, 4.69) is 39.4 Å². The summed E-state index contributed by atoms with van der Waals surface area (Å²) in [5.41, 5.74) is 3.13. The van der Waals surface area contributed by atoms with Crippen molar-refractivity contribution in [2.75, 3.05) is 27.2 Å². The Morgan fingerprint density at radius 1 is 1.04 bits per heavy atom. The van der Waals surface area contributed by atoms with Crippen molar-refractivity contribution in [1.82, 2.24) is 15.1 Å². The van der Waals surface area contributed by atoms with Gasteiger partial charge in [-0.25, -0.2) is 0 Å².